The first-order valence-corrected chi connectivity index (χ1v) is 14.4. The van der Waals surface area contributed by atoms with E-state index >= 15 is 0 Å². The standard InChI is InChI=1S/C28H30F3N11O2.CH2O2/c1-2-17-13-19(3-4-20(17)26(43)35-7-8-36-27(44)40-10-5-18(33)15-40)38-24-25-37-14-22(42(25)12-9-34-24)21-16-41(11-6-32)39-23(21)28(29,30)31;2-1-3/h3-4,9,12-14,16,18H,2,5,7-8,10-11,15,33H2,1H3,(H,34,38)(H,35,43)(H,36,44);1H,(H,2,3)/t18-;/m0./s1. The summed E-state index contributed by atoms with van der Waals surface area (Å²) >= 11 is 0. The van der Waals surface area contributed by atoms with Gasteiger partial charge < -0.3 is 31.7 Å². The van der Waals surface area contributed by atoms with Gasteiger partial charge in [0.1, 0.15) is 6.54 Å². The summed E-state index contributed by atoms with van der Waals surface area (Å²) in [6, 6.07) is 6.71. The van der Waals surface area contributed by atoms with Crippen molar-refractivity contribution < 1.29 is 32.7 Å². The lowest BCUT2D eigenvalue weighted by atomic mass is 10.0. The van der Waals surface area contributed by atoms with E-state index in [1.54, 1.807) is 29.2 Å². The Kier molecular flexibility index (Phi) is 10.9. The van der Waals surface area contributed by atoms with Crippen LogP contribution in [0.4, 0.5) is 29.5 Å². The number of nitrogens with zero attached hydrogens (tertiary/aromatic N) is 7. The lowest BCUT2D eigenvalue weighted by Gasteiger charge is -2.17. The molecule has 15 nitrogen and oxygen atoms in total. The monoisotopic (exact) mass is 655 g/mol. The molecule has 18 heteroatoms. The number of hydrogen-bond donors (Lipinski definition) is 5. The van der Waals surface area contributed by atoms with Crippen LogP contribution in [-0.2, 0) is 23.9 Å². The van der Waals surface area contributed by atoms with Crippen molar-refractivity contribution in [3.8, 4) is 17.3 Å². The van der Waals surface area contributed by atoms with Crippen molar-refractivity contribution in [3.05, 3.63) is 59.8 Å². The highest BCUT2D eigenvalue weighted by Crippen LogP contribution is 2.37. The number of aryl methyl sites for hydroxylation is 1. The Bertz CT molecular complexity index is 1780. The number of nitrogens with one attached hydrogen (secondary N) is 3. The Morgan fingerprint density at radius 3 is 2.64 bits per heavy atom. The highest BCUT2D eigenvalue weighted by molar-refractivity contribution is 5.96. The number of nitriles is 1. The number of fused-ring (bicyclic) bond motifs is 1. The van der Waals surface area contributed by atoms with Crippen molar-refractivity contribution in [1.82, 2.24) is 39.7 Å². The summed E-state index contributed by atoms with van der Waals surface area (Å²) in [4.78, 5) is 43.7. The number of alkyl halides is 3. The smallest absolute Gasteiger partial charge is 0.435 e. The van der Waals surface area contributed by atoms with Crippen LogP contribution in [0.1, 0.15) is 35.0 Å². The molecule has 248 valence electrons. The second kappa shape index (κ2) is 15.1. The lowest BCUT2D eigenvalue weighted by molar-refractivity contribution is -0.141. The number of hydrogen-bond acceptors (Lipinski definition) is 9. The van der Waals surface area contributed by atoms with E-state index in [0.717, 1.165) is 22.9 Å². The van der Waals surface area contributed by atoms with Gasteiger partial charge in [-0.2, -0.15) is 23.5 Å². The number of rotatable bonds is 9. The largest absolute Gasteiger partial charge is 0.483 e. The number of urea groups is 1. The fourth-order valence-electron chi connectivity index (χ4n) is 5.02. The number of anilines is 2. The molecule has 47 heavy (non-hydrogen) atoms. The van der Waals surface area contributed by atoms with Crippen LogP contribution < -0.4 is 21.7 Å². The molecule has 0 aliphatic carbocycles. The number of halogens is 3. The molecular formula is C29H32F3N11O4. The van der Waals surface area contributed by atoms with Gasteiger partial charge in [0.2, 0.25) is 0 Å². The molecule has 0 saturated carbocycles. The van der Waals surface area contributed by atoms with Gasteiger partial charge in [0, 0.05) is 62.1 Å². The Balaban J connectivity index is 0.00000160. The predicted octanol–water partition coefficient (Wildman–Crippen LogP) is 2.61. The summed E-state index contributed by atoms with van der Waals surface area (Å²) < 4.78 is 43.6. The summed E-state index contributed by atoms with van der Waals surface area (Å²) in [6.45, 7) is 2.95. The first-order valence-electron chi connectivity index (χ1n) is 14.4. The van der Waals surface area contributed by atoms with E-state index in [4.69, 9.17) is 20.9 Å². The van der Waals surface area contributed by atoms with E-state index < -0.39 is 11.9 Å². The third kappa shape index (κ3) is 8.12. The van der Waals surface area contributed by atoms with Crippen LogP contribution in [0.2, 0.25) is 0 Å². The molecule has 1 fully saturated rings. The Morgan fingerprint density at radius 1 is 1.23 bits per heavy atom. The Labute approximate surface area is 266 Å². The number of benzene rings is 1. The molecular weight excluding hydrogens is 623 g/mol. The van der Waals surface area contributed by atoms with Gasteiger partial charge >= 0.3 is 12.2 Å². The SMILES string of the molecule is CCc1cc(Nc2nccn3c(-c4cn(CC#N)nc4C(F)(F)F)cnc23)ccc1C(=O)NCCNC(=O)N1CC[C@H](N)C1.O=CO. The molecule has 1 aliphatic heterocycles. The third-order valence-electron chi connectivity index (χ3n) is 7.16. The van der Waals surface area contributed by atoms with Gasteiger partial charge in [-0.1, -0.05) is 6.92 Å². The number of carbonyl (C=O) groups excluding carboxylic acids is 2. The zero-order valence-electron chi connectivity index (χ0n) is 25.2. The average molecular weight is 656 g/mol. The van der Waals surface area contributed by atoms with Gasteiger partial charge in [0.25, 0.3) is 12.4 Å². The molecule has 1 aliphatic rings. The zero-order chi connectivity index (χ0) is 34.1. The molecule has 0 unspecified atom stereocenters. The molecule has 0 spiro atoms. The number of carbonyl (C=O) groups is 3. The Morgan fingerprint density at radius 2 is 1.98 bits per heavy atom. The van der Waals surface area contributed by atoms with Gasteiger partial charge in [-0.3, -0.25) is 18.7 Å². The minimum atomic E-state index is -4.74. The summed E-state index contributed by atoms with van der Waals surface area (Å²) in [5.74, 6) is -0.00735. The van der Waals surface area contributed by atoms with Crippen LogP contribution in [0.25, 0.3) is 16.9 Å². The molecule has 1 saturated heterocycles. The fraction of sp³-hybridized carbons (Fsp3) is 0.345. The topological polar surface area (TPSA) is 209 Å². The second-order valence-electron chi connectivity index (χ2n) is 10.3. The van der Waals surface area contributed by atoms with Crippen LogP contribution in [-0.4, -0.2) is 84.8 Å². The summed E-state index contributed by atoms with van der Waals surface area (Å²) in [7, 11) is 0. The summed E-state index contributed by atoms with van der Waals surface area (Å²) in [6.07, 6.45) is 1.93. The minimum absolute atomic E-state index is 0.00967. The number of aromatic nitrogens is 5. The third-order valence-corrected chi connectivity index (χ3v) is 7.16. The zero-order valence-corrected chi connectivity index (χ0v) is 25.2. The van der Waals surface area contributed by atoms with E-state index in [1.165, 1.54) is 23.0 Å². The van der Waals surface area contributed by atoms with Crippen LogP contribution >= 0.6 is 0 Å². The van der Waals surface area contributed by atoms with Crippen molar-refractivity contribution in [1.29, 1.82) is 5.26 Å². The van der Waals surface area contributed by atoms with Crippen molar-refractivity contribution in [3.63, 3.8) is 0 Å². The van der Waals surface area contributed by atoms with Gasteiger partial charge in [-0.25, -0.2) is 14.8 Å². The molecule has 3 amide bonds. The van der Waals surface area contributed by atoms with Gasteiger partial charge in [-0.15, -0.1) is 0 Å². The average Bonchev–Trinajstić information content (AvgIpc) is 3.78. The second-order valence-corrected chi connectivity index (χ2v) is 10.3. The van der Waals surface area contributed by atoms with Crippen molar-refractivity contribution in [2.45, 2.75) is 38.5 Å². The first-order chi connectivity index (χ1) is 22.5. The molecule has 0 radical (unpaired) electrons. The van der Waals surface area contributed by atoms with Gasteiger partial charge in [-0.05, 0) is 36.6 Å². The number of carboxylic acid groups (broad SMARTS) is 1. The number of imidazole rings is 1. The molecule has 6 N–H and O–H groups in total. The van der Waals surface area contributed by atoms with Crippen LogP contribution in [0.3, 0.4) is 0 Å². The summed E-state index contributed by atoms with van der Waals surface area (Å²) in [5, 5.41) is 28.1. The normalized spacial score (nSPS) is 14.2. The molecule has 0 bridgehead atoms. The molecule has 4 aromatic rings. The predicted molar refractivity (Wildman–Crippen MR) is 163 cm³/mol. The lowest BCUT2D eigenvalue weighted by Crippen LogP contribution is -2.42. The van der Waals surface area contributed by atoms with Gasteiger partial charge in [0.15, 0.2) is 17.2 Å². The van der Waals surface area contributed by atoms with Crippen molar-refractivity contribution in [2.24, 2.45) is 5.73 Å². The van der Waals surface area contributed by atoms with E-state index in [2.05, 4.69) is 31.0 Å². The minimum Gasteiger partial charge on any atom is -0.483 e. The van der Waals surface area contributed by atoms with E-state index in [0.29, 0.717) is 30.8 Å². The maximum atomic E-state index is 13.7. The van der Waals surface area contributed by atoms with Crippen LogP contribution in [0.5, 0.6) is 0 Å². The maximum absolute atomic E-state index is 13.7. The molecule has 3 aromatic heterocycles. The van der Waals surface area contributed by atoms with E-state index in [1.807, 2.05) is 6.92 Å². The van der Waals surface area contributed by atoms with Crippen molar-refractivity contribution in [2.75, 3.05) is 31.5 Å². The van der Waals surface area contributed by atoms with E-state index in [9.17, 15) is 22.8 Å². The highest BCUT2D eigenvalue weighted by Gasteiger charge is 2.38. The maximum Gasteiger partial charge on any atom is 0.435 e. The Hall–Kier alpha value is -5.70. The molecule has 5 rings (SSSR count). The highest BCUT2D eigenvalue weighted by atomic mass is 19.4. The van der Waals surface area contributed by atoms with E-state index in [-0.39, 0.29) is 66.8 Å². The van der Waals surface area contributed by atoms with Crippen molar-refractivity contribution >= 4 is 35.6 Å². The van der Waals surface area contributed by atoms with Gasteiger partial charge in [0.05, 0.1) is 23.5 Å². The number of amides is 3. The number of nitrogens with two attached hydrogens (primary N) is 1. The van der Waals surface area contributed by atoms with Crippen LogP contribution in [0.15, 0.2) is 43.0 Å². The quantitative estimate of drug-likeness (QED) is 0.131. The fourth-order valence-corrected chi connectivity index (χ4v) is 5.02. The van der Waals surface area contributed by atoms with Crippen LogP contribution in [0, 0.1) is 11.3 Å². The first kappa shape index (κ1) is 34.2. The summed E-state index contributed by atoms with van der Waals surface area (Å²) in [5.41, 5.74) is 6.70. The molecule has 1 atom stereocenters. The molecule has 4 heterocycles. The molecule has 1 aromatic carbocycles. The number of likely N-dealkylation sites (tertiary alicyclic amines) is 1.